The van der Waals surface area contributed by atoms with Crippen LogP contribution >= 0.6 is 0 Å². The maximum Gasteiger partial charge on any atom is 0.292 e. The summed E-state index contributed by atoms with van der Waals surface area (Å²) in [6.07, 6.45) is 0. The predicted molar refractivity (Wildman–Crippen MR) is 103 cm³/mol. The Morgan fingerprint density at radius 3 is 2.00 bits per heavy atom. The lowest BCUT2D eigenvalue weighted by molar-refractivity contribution is 0.121. The molecule has 4 heterocycles. The van der Waals surface area contributed by atoms with E-state index in [1.165, 1.54) is 0 Å². The van der Waals surface area contributed by atoms with Crippen LogP contribution in [0, 0.1) is 0 Å². The lowest BCUT2D eigenvalue weighted by Gasteiger charge is -2.30. The summed E-state index contributed by atoms with van der Waals surface area (Å²) in [6.45, 7) is 5.68. The first kappa shape index (κ1) is 17.1. The van der Waals surface area contributed by atoms with Crippen LogP contribution in [0.15, 0.2) is 22.6 Å². The van der Waals surface area contributed by atoms with Crippen molar-refractivity contribution in [2.75, 3.05) is 68.1 Å². The van der Waals surface area contributed by atoms with Crippen molar-refractivity contribution in [1.29, 1.82) is 0 Å². The monoisotopic (exact) mass is 383 g/mol. The lowest BCUT2D eigenvalue weighted by Crippen LogP contribution is -2.40. The fraction of sp³-hybridized carbons (Fsp3) is 0.444. The van der Waals surface area contributed by atoms with Gasteiger partial charge >= 0.3 is 0 Å². The van der Waals surface area contributed by atoms with Crippen LogP contribution in [0.2, 0.25) is 0 Å². The van der Waals surface area contributed by atoms with Crippen LogP contribution in [0.25, 0.3) is 22.5 Å². The Kier molecular flexibility index (Phi) is 4.41. The van der Waals surface area contributed by atoms with Crippen LogP contribution in [0.4, 0.5) is 17.9 Å². The van der Waals surface area contributed by atoms with E-state index in [4.69, 9.17) is 34.6 Å². The molecule has 10 heteroatoms. The Morgan fingerprint density at radius 1 is 0.786 bits per heavy atom. The number of hydrogen-bond acceptors (Lipinski definition) is 10. The molecular weight excluding hydrogens is 362 g/mol. The van der Waals surface area contributed by atoms with Gasteiger partial charge < -0.3 is 29.4 Å². The van der Waals surface area contributed by atoms with Gasteiger partial charge in [0.1, 0.15) is 5.52 Å². The molecule has 2 N–H and O–H groups in total. The highest BCUT2D eigenvalue weighted by molar-refractivity contribution is 5.80. The fourth-order valence-electron chi connectivity index (χ4n) is 3.38. The zero-order chi connectivity index (χ0) is 18.9. The summed E-state index contributed by atoms with van der Waals surface area (Å²) in [5.74, 6) is 1.92. The molecule has 5 rings (SSSR count). The molecule has 2 aliphatic rings. The van der Waals surface area contributed by atoms with Crippen molar-refractivity contribution in [1.82, 2.24) is 19.9 Å². The third-order valence-electron chi connectivity index (χ3n) is 4.86. The highest BCUT2D eigenvalue weighted by Gasteiger charge is 2.21. The third kappa shape index (κ3) is 3.32. The van der Waals surface area contributed by atoms with Crippen LogP contribution in [0.1, 0.15) is 0 Å². The number of hydrogen-bond donors (Lipinski definition) is 1. The van der Waals surface area contributed by atoms with E-state index in [-0.39, 0.29) is 6.01 Å². The lowest BCUT2D eigenvalue weighted by atomic mass is 10.2. The van der Waals surface area contributed by atoms with E-state index in [1.54, 1.807) is 0 Å². The Bertz CT molecular complexity index is 944. The van der Waals surface area contributed by atoms with E-state index in [0.717, 1.165) is 31.7 Å². The molecule has 1 aromatic carbocycles. The van der Waals surface area contributed by atoms with E-state index >= 15 is 0 Å². The van der Waals surface area contributed by atoms with E-state index < -0.39 is 0 Å². The Hall–Kier alpha value is -2.98. The molecule has 0 spiro atoms. The fourth-order valence-corrected chi connectivity index (χ4v) is 3.38. The van der Waals surface area contributed by atoms with Crippen LogP contribution in [-0.2, 0) is 9.47 Å². The second-order valence-corrected chi connectivity index (χ2v) is 6.69. The molecule has 2 saturated heterocycles. The van der Waals surface area contributed by atoms with Crippen molar-refractivity contribution in [3.05, 3.63) is 18.2 Å². The molecule has 10 nitrogen and oxygen atoms in total. The molecule has 0 atom stereocenters. The van der Waals surface area contributed by atoms with Crippen LogP contribution in [0.3, 0.4) is 0 Å². The predicted octanol–water partition coefficient (Wildman–Crippen LogP) is 0.935. The van der Waals surface area contributed by atoms with Gasteiger partial charge in [0.2, 0.25) is 11.9 Å². The molecule has 0 radical (unpaired) electrons. The minimum absolute atomic E-state index is 0.144. The number of nitrogens with zero attached hydrogens (tertiary/aromatic N) is 6. The van der Waals surface area contributed by atoms with E-state index in [1.807, 2.05) is 18.2 Å². The standard InChI is InChI=1S/C18H21N7O3/c19-16-20-13-11-12(1-2-14(13)28-16)15-21-17(24-3-7-26-8-4-24)23-18(22-15)25-5-9-27-10-6-25/h1-2,11H,3-10H2,(H2,19,20). The summed E-state index contributed by atoms with van der Waals surface area (Å²) in [5, 5.41) is 0. The molecule has 2 fully saturated rings. The second kappa shape index (κ2) is 7.21. The van der Waals surface area contributed by atoms with Crippen molar-refractivity contribution < 1.29 is 13.9 Å². The zero-order valence-electron chi connectivity index (χ0n) is 15.4. The highest BCUT2D eigenvalue weighted by Crippen LogP contribution is 2.26. The topological polar surface area (TPSA) is 116 Å². The van der Waals surface area contributed by atoms with Crippen molar-refractivity contribution in [3.8, 4) is 11.4 Å². The Morgan fingerprint density at radius 2 is 1.39 bits per heavy atom. The molecule has 0 aliphatic carbocycles. The molecule has 2 aromatic heterocycles. The molecule has 146 valence electrons. The molecular formula is C18H21N7O3. The van der Waals surface area contributed by atoms with E-state index in [9.17, 15) is 0 Å². The van der Waals surface area contributed by atoms with Gasteiger partial charge in [-0.25, -0.2) is 0 Å². The van der Waals surface area contributed by atoms with Gasteiger partial charge in [-0.2, -0.15) is 19.9 Å². The summed E-state index contributed by atoms with van der Waals surface area (Å²) in [5.41, 5.74) is 7.82. The van der Waals surface area contributed by atoms with Gasteiger partial charge in [-0.3, -0.25) is 0 Å². The van der Waals surface area contributed by atoms with Gasteiger partial charge in [-0.15, -0.1) is 0 Å². The molecule has 0 saturated carbocycles. The van der Waals surface area contributed by atoms with Crippen LogP contribution in [0.5, 0.6) is 0 Å². The average Bonchev–Trinajstić information content (AvgIpc) is 3.14. The molecule has 0 amide bonds. The minimum atomic E-state index is 0.144. The minimum Gasteiger partial charge on any atom is -0.424 e. The van der Waals surface area contributed by atoms with Gasteiger partial charge in [0.05, 0.1) is 26.4 Å². The first-order valence-corrected chi connectivity index (χ1v) is 9.34. The molecule has 2 aliphatic heterocycles. The van der Waals surface area contributed by atoms with Crippen molar-refractivity contribution in [3.63, 3.8) is 0 Å². The Balaban J connectivity index is 1.57. The summed E-state index contributed by atoms with van der Waals surface area (Å²) in [4.78, 5) is 22.7. The molecule has 0 bridgehead atoms. The number of nitrogens with two attached hydrogens (primary N) is 1. The number of fused-ring (bicyclic) bond motifs is 1. The average molecular weight is 383 g/mol. The normalized spacial score (nSPS) is 18.0. The van der Waals surface area contributed by atoms with E-state index in [0.29, 0.717) is 55.2 Å². The zero-order valence-corrected chi connectivity index (χ0v) is 15.4. The number of benzene rings is 1. The highest BCUT2D eigenvalue weighted by atomic mass is 16.5. The summed E-state index contributed by atoms with van der Waals surface area (Å²) >= 11 is 0. The molecule has 0 unspecified atom stereocenters. The van der Waals surface area contributed by atoms with Crippen molar-refractivity contribution in [2.24, 2.45) is 0 Å². The summed E-state index contributed by atoms with van der Waals surface area (Å²) < 4.78 is 16.3. The van der Waals surface area contributed by atoms with Gasteiger partial charge in [-0.05, 0) is 18.2 Å². The van der Waals surface area contributed by atoms with E-state index in [2.05, 4.69) is 14.8 Å². The first-order valence-electron chi connectivity index (χ1n) is 9.34. The first-order chi connectivity index (χ1) is 13.8. The number of aromatic nitrogens is 4. The number of oxazole rings is 1. The van der Waals surface area contributed by atoms with Gasteiger partial charge in [0.25, 0.3) is 6.01 Å². The quantitative estimate of drug-likeness (QED) is 0.700. The maximum absolute atomic E-state index is 5.67. The maximum atomic E-state index is 5.67. The van der Waals surface area contributed by atoms with Crippen molar-refractivity contribution >= 4 is 29.0 Å². The molecule has 28 heavy (non-hydrogen) atoms. The van der Waals surface area contributed by atoms with Crippen molar-refractivity contribution in [2.45, 2.75) is 0 Å². The number of anilines is 3. The van der Waals surface area contributed by atoms with Gasteiger partial charge in [-0.1, -0.05) is 0 Å². The number of ether oxygens (including phenoxy) is 2. The number of nitrogen functional groups attached to an aromatic ring is 1. The van der Waals surface area contributed by atoms with Gasteiger partial charge in [0, 0.05) is 31.7 Å². The van der Waals surface area contributed by atoms with Crippen LogP contribution in [-0.4, -0.2) is 72.5 Å². The summed E-state index contributed by atoms with van der Waals surface area (Å²) in [6, 6.07) is 5.78. The Labute approximate surface area is 161 Å². The largest absolute Gasteiger partial charge is 0.424 e. The SMILES string of the molecule is Nc1nc2cc(-c3nc(N4CCOCC4)nc(N4CCOCC4)n3)ccc2o1. The second-order valence-electron chi connectivity index (χ2n) is 6.69. The summed E-state index contributed by atoms with van der Waals surface area (Å²) in [7, 11) is 0. The molecule has 3 aromatic rings. The van der Waals surface area contributed by atoms with Gasteiger partial charge in [0.15, 0.2) is 11.4 Å². The smallest absolute Gasteiger partial charge is 0.292 e. The third-order valence-corrected chi connectivity index (χ3v) is 4.86. The van der Waals surface area contributed by atoms with Crippen LogP contribution < -0.4 is 15.5 Å². The number of morpholine rings is 2. The number of rotatable bonds is 3.